The Morgan fingerprint density at radius 1 is 1.08 bits per heavy atom. The molecule has 25 heavy (non-hydrogen) atoms. The summed E-state index contributed by atoms with van der Waals surface area (Å²) in [5, 5.41) is 14.0. The van der Waals surface area contributed by atoms with E-state index in [1.165, 1.54) is 0 Å². The Morgan fingerprint density at radius 3 is 2.52 bits per heavy atom. The number of benzene rings is 2. The minimum Gasteiger partial charge on any atom is -0.395 e. The van der Waals surface area contributed by atoms with Crippen LogP contribution in [0.2, 0.25) is 0 Å². The molecule has 0 fully saturated rings. The quantitative estimate of drug-likeness (QED) is 0.648. The van der Waals surface area contributed by atoms with Crippen LogP contribution in [0.15, 0.2) is 53.3 Å². The summed E-state index contributed by atoms with van der Waals surface area (Å²) in [4.78, 5) is 15.4. The largest absolute Gasteiger partial charge is 0.395 e. The number of aromatic nitrogens is 1. The van der Waals surface area contributed by atoms with Gasteiger partial charge in [-0.2, -0.15) is 0 Å². The summed E-state index contributed by atoms with van der Waals surface area (Å²) in [6.45, 7) is 4.50. The van der Waals surface area contributed by atoms with Crippen molar-refractivity contribution in [3.05, 3.63) is 81.1 Å². The smallest absolute Gasteiger partial charge is 0.252 e. The SMILES string of the molecule is Cc1ccc(C)c2[nH]c(=O)c(CN[C@H](CO)Cc3ccccc3)cc12. The highest BCUT2D eigenvalue weighted by Gasteiger charge is 2.11. The van der Waals surface area contributed by atoms with E-state index in [2.05, 4.69) is 16.4 Å². The molecule has 0 saturated carbocycles. The maximum atomic E-state index is 12.4. The summed E-state index contributed by atoms with van der Waals surface area (Å²) in [6.07, 6.45) is 0.723. The molecule has 3 aromatic rings. The monoisotopic (exact) mass is 336 g/mol. The van der Waals surface area contributed by atoms with E-state index in [0.29, 0.717) is 12.1 Å². The average molecular weight is 336 g/mol. The van der Waals surface area contributed by atoms with Crippen molar-refractivity contribution in [2.24, 2.45) is 0 Å². The molecular formula is C21H24N2O2. The standard InChI is InChI=1S/C21H24N2O2/c1-14-8-9-15(2)20-19(14)11-17(21(25)23-20)12-22-18(13-24)10-16-6-4-3-5-7-16/h3-9,11,18,22,24H,10,12-13H2,1-2H3,(H,23,25)/t18-/m0/s1. The zero-order valence-electron chi connectivity index (χ0n) is 14.7. The van der Waals surface area contributed by atoms with Crippen LogP contribution in [0.5, 0.6) is 0 Å². The normalized spacial score (nSPS) is 12.4. The number of nitrogens with one attached hydrogen (secondary N) is 2. The zero-order chi connectivity index (χ0) is 17.8. The third kappa shape index (κ3) is 3.98. The summed E-state index contributed by atoms with van der Waals surface area (Å²) in [5.74, 6) is 0. The zero-order valence-corrected chi connectivity index (χ0v) is 14.7. The number of aliphatic hydroxyl groups is 1. The number of pyridine rings is 1. The molecule has 1 aromatic heterocycles. The summed E-state index contributed by atoms with van der Waals surface area (Å²) in [5.41, 5.74) is 4.87. The van der Waals surface area contributed by atoms with Crippen molar-refractivity contribution in [2.75, 3.05) is 6.61 Å². The van der Waals surface area contributed by atoms with E-state index in [4.69, 9.17) is 0 Å². The molecule has 0 bridgehead atoms. The molecule has 0 spiro atoms. The fourth-order valence-electron chi connectivity index (χ4n) is 3.10. The van der Waals surface area contributed by atoms with Crippen molar-refractivity contribution in [1.82, 2.24) is 10.3 Å². The molecule has 0 aliphatic carbocycles. The summed E-state index contributed by atoms with van der Waals surface area (Å²) >= 11 is 0. The molecule has 0 aliphatic heterocycles. The van der Waals surface area contributed by atoms with Crippen LogP contribution in [-0.2, 0) is 13.0 Å². The first-order valence-corrected chi connectivity index (χ1v) is 8.58. The molecule has 1 atom stereocenters. The molecule has 0 aliphatic rings. The first-order valence-electron chi connectivity index (χ1n) is 8.58. The van der Waals surface area contributed by atoms with E-state index in [1.807, 2.05) is 56.3 Å². The Balaban J connectivity index is 1.79. The van der Waals surface area contributed by atoms with Gasteiger partial charge in [-0.15, -0.1) is 0 Å². The van der Waals surface area contributed by atoms with Gasteiger partial charge < -0.3 is 15.4 Å². The second-order valence-corrected chi connectivity index (χ2v) is 6.56. The Bertz CT molecular complexity index is 916. The third-order valence-electron chi connectivity index (χ3n) is 4.65. The van der Waals surface area contributed by atoms with Gasteiger partial charge in [0.2, 0.25) is 0 Å². The molecule has 0 amide bonds. The number of rotatable bonds is 6. The van der Waals surface area contributed by atoms with Crippen molar-refractivity contribution in [2.45, 2.75) is 32.9 Å². The van der Waals surface area contributed by atoms with Gasteiger partial charge in [0.25, 0.3) is 5.56 Å². The summed E-state index contributed by atoms with van der Waals surface area (Å²) in [7, 11) is 0. The lowest BCUT2D eigenvalue weighted by atomic mass is 10.0. The van der Waals surface area contributed by atoms with E-state index in [9.17, 15) is 9.90 Å². The van der Waals surface area contributed by atoms with Crippen LogP contribution in [0, 0.1) is 13.8 Å². The topological polar surface area (TPSA) is 65.1 Å². The van der Waals surface area contributed by atoms with Crippen LogP contribution in [0.25, 0.3) is 10.9 Å². The maximum absolute atomic E-state index is 12.4. The van der Waals surface area contributed by atoms with Gasteiger partial charge in [0.1, 0.15) is 0 Å². The molecule has 4 nitrogen and oxygen atoms in total. The predicted molar refractivity (Wildman–Crippen MR) is 102 cm³/mol. The Hall–Kier alpha value is -2.43. The van der Waals surface area contributed by atoms with Gasteiger partial charge in [0.05, 0.1) is 12.1 Å². The van der Waals surface area contributed by atoms with Crippen LogP contribution in [0.4, 0.5) is 0 Å². The minimum atomic E-state index is -0.0869. The number of H-pyrrole nitrogens is 1. The number of hydrogen-bond donors (Lipinski definition) is 3. The number of aromatic amines is 1. The van der Waals surface area contributed by atoms with Crippen LogP contribution in [0.3, 0.4) is 0 Å². The van der Waals surface area contributed by atoms with E-state index >= 15 is 0 Å². The average Bonchev–Trinajstić information content (AvgIpc) is 2.63. The van der Waals surface area contributed by atoms with E-state index in [0.717, 1.165) is 34.0 Å². The molecule has 1 heterocycles. The predicted octanol–water partition coefficient (Wildman–Crippen LogP) is 2.84. The molecule has 2 aromatic carbocycles. The molecular weight excluding hydrogens is 312 g/mol. The fourth-order valence-corrected chi connectivity index (χ4v) is 3.10. The highest BCUT2D eigenvalue weighted by Crippen LogP contribution is 2.19. The van der Waals surface area contributed by atoms with Crippen LogP contribution in [-0.4, -0.2) is 22.7 Å². The van der Waals surface area contributed by atoms with Crippen molar-refractivity contribution in [3.63, 3.8) is 0 Å². The second-order valence-electron chi connectivity index (χ2n) is 6.56. The van der Waals surface area contributed by atoms with Gasteiger partial charge in [-0.1, -0.05) is 42.5 Å². The number of hydrogen-bond acceptors (Lipinski definition) is 3. The van der Waals surface area contributed by atoms with E-state index in [1.54, 1.807) is 0 Å². The lowest BCUT2D eigenvalue weighted by molar-refractivity contribution is 0.240. The molecule has 0 saturated heterocycles. The van der Waals surface area contributed by atoms with Crippen molar-refractivity contribution in [1.29, 1.82) is 0 Å². The first kappa shape index (κ1) is 17.4. The number of aliphatic hydroxyl groups excluding tert-OH is 1. The highest BCUT2D eigenvalue weighted by molar-refractivity contribution is 5.85. The summed E-state index contributed by atoms with van der Waals surface area (Å²) < 4.78 is 0. The lowest BCUT2D eigenvalue weighted by Gasteiger charge is -2.16. The van der Waals surface area contributed by atoms with Crippen molar-refractivity contribution < 1.29 is 5.11 Å². The van der Waals surface area contributed by atoms with Crippen molar-refractivity contribution >= 4 is 10.9 Å². The van der Waals surface area contributed by atoms with E-state index < -0.39 is 0 Å². The molecule has 0 unspecified atom stereocenters. The second kappa shape index (κ2) is 7.64. The van der Waals surface area contributed by atoms with Crippen molar-refractivity contribution in [3.8, 4) is 0 Å². The molecule has 4 heteroatoms. The minimum absolute atomic E-state index is 0.0263. The van der Waals surface area contributed by atoms with Gasteiger partial charge in [-0.05, 0) is 43.0 Å². The van der Waals surface area contributed by atoms with E-state index in [-0.39, 0.29) is 18.2 Å². The maximum Gasteiger partial charge on any atom is 0.252 e. The van der Waals surface area contributed by atoms with Gasteiger partial charge in [0, 0.05) is 23.5 Å². The lowest BCUT2D eigenvalue weighted by Crippen LogP contribution is -2.35. The summed E-state index contributed by atoms with van der Waals surface area (Å²) in [6, 6.07) is 16.0. The molecule has 0 radical (unpaired) electrons. The van der Waals surface area contributed by atoms with Gasteiger partial charge >= 0.3 is 0 Å². The highest BCUT2D eigenvalue weighted by atomic mass is 16.3. The Labute approximate surface area is 147 Å². The molecule has 130 valence electrons. The fraction of sp³-hybridized carbons (Fsp3) is 0.286. The number of fused-ring (bicyclic) bond motifs is 1. The first-order chi connectivity index (χ1) is 12.1. The Morgan fingerprint density at radius 2 is 1.80 bits per heavy atom. The van der Waals surface area contributed by atoms with Gasteiger partial charge in [0.15, 0.2) is 0 Å². The van der Waals surface area contributed by atoms with Crippen LogP contribution >= 0.6 is 0 Å². The molecule has 3 rings (SSSR count). The van der Waals surface area contributed by atoms with Crippen LogP contribution in [0.1, 0.15) is 22.3 Å². The van der Waals surface area contributed by atoms with Gasteiger partial charge in [-0.25, -0.2) is 0 Å². The molecule has 3 N–H and O–H groups in total. The number of aryl methyl sites for hydroxylation is 2. The third-order valence-corrected chi connectivity index (χ3v) is 4.65. The Kier molecular flexibility index (Phi) is 5.31. The van der Waals surface area contributed by atoms with Crippen LogP contribution < -0.4 is 10.9 Å². The van der Waals surface area contributed by atoms with Gasteiger partial charge in [-0.3, -0.25) is 4.79 Å².